The van der Waals surface area contributed by atoms with Gasteiger partial charge in [-0.3, -0.25) is 8.80 Å². The van der Waals surface area contributed by atoms with Gasteiger partial charge in [0.25, 0.3) is 0 Å². The van der Waals surface area contributed by atoms with E-state index in [1.165, 1.54) is 36.4 Å². The van der Waals surface area contributed by atoms with Crippen molar-refractivity contribution in [2.45, 2.75) is 27.7 Å². The van der Waals surface area contributed by atoms with Crippen LogP contribution in [0.25, 0.3) is 55.9 Å². The zero-order chi connectivity index (χ0) is 33.1. The average molecular weight is 653 g/mol. The van der Waals surface area contributed by atoms with Crippen molar-refractivity contribution in [3.63, 3.8) is 0 Å². The van der Waals surface area contributed by atoms with Crippen molar-refractivity contribution in [1.29, 1.82) is 0 Å². The molecule has 0 N–H and O–H groups in total. The van der Waals surface area contributed by atoms with E-state index >= 15 is 0 Å². The van der Waals surface area contributed by atoms with Crippen molar-refractivity contribution in [2.24, 2.45) is 0 Å². The van der Waals surface area contributed by atoms with Gasteiger partial charge in [0.15, 0.2) is 0 Å². The molecule has 4 aromatic carbocycles. The molecule has 0 spiro atoms. The second-order valence-corrected chi connectivity index (χ2v) is 11.6. The maximum atomic E-state index is 14.3. The first-order valence-electron chi connectivity index (χ1n) is 14.6. The minimum absolute atomic E-state index is 0.149. The first-order chi connectivity index (χ1) is 22.5. The van der Waals surface area contributed by atoms with Crippen LogP contribution in [0.3, 0.4) is 0 Å². The molecule has 0 radical (unpaired) electrons. The Morgan fingerprint density at radius 2 is 1.02 bits per heavy atom. The second kappa shape index (κ2) is 11.5. The van der Waals surface area contributed by atoms with Gasteiger partial charge in [-0.05, 0) is 76.2 Å². The van der Waals surface area contributed by atoms with E-state index in [0.717, 1.165) is 39.9 Å². The Hall–Kier alpha value is -5.35. The van der Waals surface area contributed by atoms with Crippen molar-refractivity contribution in [2.75, 3.05) is 0 Å². The lowest BCUT2D eigenvalue weighted by atomic mass is 10.2. The molecule has 0 atom stereocenters. The van der Waals surface area contributed by atoms with E-state index in [2.05, 4.69) is 19.9 Å². The molecule has 0 aliphatic carbocycles. The van der Waals surface area contributed by atoms with Gasteiger partial charge in [-0.1, -0.05) is 23.7 Å². The Balaban J connectivity index is 0.000000150. The molecule has 0 saturated carbocycles. The molecular formula is C36H25ClF4N6. The molecule has 4 aromatic heterocycles. The summed E-state index contributed by atoms with van der Waals surface area (Å²) < 4.78 is 58.7. The number of benzene rings is 4. The summed E-state index contributed by atoms with van der Waals surface area (Å²) in [7, 11) is 0. The normalized spacial score (nSPS) is 11.5. The third-order valence-electron chi connectivity index (χ3n) is 7.98. The standard InChI is InChI=1S/C18H13ClFN3.C18H12F3N3/c1-10-17-11(2)22-18(12-4-3-5-13(19)8-12)23(17)16-9-14(20)6-7-15(16)21-10;1-9-17-10(2)23-18(13-5-3-11(19)7-14(13)21)24(17)16-8-12(20)4-6-15(16)22-9/h3-9H,1-2H3;3-8H,1-2H3. The zero-order valence-electron chi connectivity index (χ0n) is 25.6. The summed E-state index contributed by atoms with van der Waals surface area (Å²) in [5, 5.41) is 0.637. The van der Waals surface area contributed by atoms with Crippen LogP contribution in [-0.2, 0) is 0 Å². The van der Waals surface area contributed by atoms with Crippen LogP contribution in [0, 0.1) is 51.0 Å². The third-order valence-corrected chi connectivity index (χ3v) is 8.21. The van der Waals surface area contributed by atoms with Gasteiger partial charge in [-0.15, -0.1) is 0 Å². The van der Waals surface area contributed by atoms with Gasteiger partial charge in [0.05, 0.1) is 61.4 Å². The van der Waals surface area contributed by atoms with E-state index < -0.39 is 17.5 Å². The number of rotatable bonds is 2. The average Bonchev–Trinajstić information content (AvgIpc) is 3.56. The number of aromatic nitrogens is 6. The van der Waals surface area contributed by atoms with Gasteiger partial charge in [0, 0.05) is 28.8 Å². The molecule has 0 saturated heterocycles. The van der Waals surface area contributed by atoms with Gasteiger partial charge in [-0.2, -0.15) is 0 Å². The van der Waals surface area contributed by atoms with E-state index in [1.807, 2.05) is 49.4 Å². The summed E-state index contributed by atoms with van der Waals surface area (Å²) in [6.07, 6.45) is 0. The van der Waals surface area contributed by atoms with Crippen LogP contribution in [0.2, 0.25) is 5.02 Å². The molecule has 0 fully saturated rings. The Morgan fingerprint density at radius 3 is 1.57 bits per heavy atom. The van der Waals surface area contributed by atoms with Gasteiger partial charge in [0.2, 0.25) is 0 Å². The highest BCUT2D eigenvalue weighted by atomic mass is 35.5. The molecule has 234 valence electrons. The van der Waals surface area contributed by atoms with Gasteiger partial charge in [-0.25, -0.2) is 37.5 Å². The maximum absolute atomic E-state index is 14.3. The van der Waals surface area contributed by atoms with E-state index in [-0.39, 0.29) is 11.4 Å². The van der Waals surface area contributed by atoms with Gasteiger partial charge < -0.3 is 0 Å². The molecule has 0 amide bonds. The molecule has 0 bridgehead atoms. The summed E-state index contributed by atoms with van der Waals surface area (Å²) in [6.45, 7) is 7.47. The minimum Gasteiger partial charge on any atom is -0.289 e. The largest absolute Gasteiger partial charge is 0.289 e. The monoisotopic (exact) mass is 652 g/mol. The van der Waals surface area contributed by atoms with Crippen LogP contribution in [0.5, 0.6) is 0 Å². The van der Waals surface area contributed by atoms with Crippen LogP contribution in [0.15, 0.2) is 78.9 Å². The highest BCUT2D eigenvalue weighted by Gasteiger charge is 2.20. The number of imidazole rings is 2. The van der Waals surface area contributed by atoms with Crippen LogP contribution in [0.4, 0.5) is 17.6 Å². The lowest BCUT2D eigenvalue weighted by molar-refractivity contribution is 0.585. The van der Waals surface area contributed by atoms with Crippen LogP contribution in [0.1, 0.15) is 22.8 Å². The number of nitrogens with zero attached hydrogens (tertiary/aromatic N) is 6. The molecule has 0 aliphatic rings. The summed E-state index contributed by atoms with van der Waals surface area (Å²) in [5.41, 5.74) is 8.17. The number of halogens is 5. The van der Waals surface area contributed by atoms with Crippen molar-refractivity contribution in [3.8, 4) is 22.8 Å². The zero-order valence-corrected chi connectivity index (χ0v) is 26.3. The van der Waals surface area contributed by atoms with Crippen molar-refractivity contribution in [3.05, 3.63) is 130 Å². The molecule has 6 nitrogen and oxygen atoms in total. The predicted molar refractivity (Wildman–Crippen MR) is 176 cm³/mol. The van der Waals surface area contributed by atoms with E-state index in [9.17, 15) is 17.6 Å². The van der Waals surface area contributed by atoms with E-state index in [4.69, 9.17) is 11.6 Å². The second-order valence-electron chi connectivity index (χ2n) is 11.2. The summed E-state index contributed by atoms with van der Waals surface area (Å²) in [6, 6.07) is 19.6. The Kier molecular flexibility index (Phi) is 7.40. The predicted octanol–water partition coefficient (Wildman–Crippen LogP) is 9.54. The molecule has 47 heavy (non-hydrogen) atoms. The topological polar surface area (TPSA) is 60.4 Å². The summed E-state index contributed by atoms with van der Waals surface area (Å²) >= 11 is 6.12. The molecule has 0 aliphatic heterocycles. The molecule has 11 heteroatoms. The molecule has 4 heterocycles. The van der Waals surface area contributed by atoms with Crippen molar-refractivity contribution < 1.29 is 17.6 Å². The van der Waals surface area contributed by atoms with Crippen LogP contribution in [-0.4, -0.2) is 28.7 Å². The Bertz CT molecular complexity index is 2540. The van der Waals surface area contributed by atoms with Gasteiger partial charge >= 0.3 is 0 Å². The fourth-order valence-electron chi connectivity index (χ4n) is 6.06. The quantitative estimate of drug-likeness (QED) is 0.175. The van der Waals surface area contributed by atoms with Crippen LogP contribution >= 0.6 is 11.6 Å². The van der Waals surface area contributed by atoms with E-state index in [0.29, 0.717) is 44.3 Å². The Morgan fingerprint density at radius 1 is 0.532 bits per heavy atom. The first-order valence-corrected chi connectivity index (χ1v) is 15.0. The molecule has 8 aromatic rings. The maximum Gasteiger partial charge on any atom is 0.148 e. The lowest BCUT2D eigenvalue weighted by Gasteiger charge is -2.09. The van der Waals surface area contributed by atoms with Crippen molar-refractivity contribution >= 4 is 44.7 Å². The highest BCUT2D eigenvalue weighted by Crippen LogP contribution is 2.31. The number of fused-ring (bicyclic) bond motifs is 6. The number of hydrogen-bond acceptors (Lipinski definition) is 4. The fraction of sp³-hybridized carbons (Fsp3) is 0.111. The smallest absolute Gasteiger partial charge is 0.148 e. The SMILES string of the molecule is Cc1nc(-c2ccc(F)cc2F)n2c1c(C)nc1ccc(F)cc12.Cc1nc(-c2cccc(Cl)c2)n2c1c(C)nc1ccc(F)cc12. The molecule has 8 rings (SSSR count). The fourth-order valence-corrected chi connectivity index (χ4v) is 6.25. The molecule has 0 unspecified atom stereocenters. The summed E-state index contributed by atoms with van der Waals surface area (Å²) in [5.74, 6) is -1.08. The number of aryl methyl sites for hydroxylation is 4. The first kappa shape index (κ1) is 30.3. The minimum atomic E-state index is -0.721. The van der Waals surface area contributed by atoms with Crippen molar-refractivity contribution in [1.82, 2.24) is 28.7 Å². The number of hydrogen-bond donors (Lipinski definition) is 0. The highest BCUT2D eigenvalue weighted by molar-refractivity contribution is 6.30. The summed E-state index contributed by atoms with van der Waals surface area (Å²) in [4.78, 5) is 18.2. The molecular weight excluding hydrogens is 628 g/mol. The lowest BCUT2D eigenvalue weighted by Crippen LogP contribution is -1.99. The van der Waals surface area contributed by atoms with Gasteiger partial charge in [0.1, 0.15) is 34.9 Å². The third kappa shape index (κ3) is 5.24. The Labute approximate surface area is 271 Å². The van der Waals surface area contributed by atoms with E-state index in [1.54, 1.807) is 23.5 Å². The van der Waals surface area contributed by atoms with Crippen LogP contribution < -0.4 is 0 Å².